The number of hydrogen-bond acceptors (Lipinski definition) is 3. The summed E-state index contributed by atoms with van der Waals surface area (Å²) in [6.07, 6.45) is 22.4. The van der Waals surface area contributed by atoms with Crippen LogP contribution in [0.2, 0.25) is 0 Å². The quantitative estimate of drug-likeness (QED) is 0.191. The van der Waals surface area contributed by atoms with E-state index in [1.165, 1.54) is 38.5 Å². The third-order valence-corrected chi connectivity index (χ3v) is 4.20. The molecule has 0 unspecified atom stereocenters. The van der Waals surface area contributed by atoms with E-state index in [9.17, 15) is 9.59 Å². The van der Waals surface area contributed by atoms with Gasteiger partial charge < -0.3 is 10.1 Å². The molecule has 0 aliphatic heterocycles. The molecule has 0 spiro atoms. The Balaban J connectivity index is 3.44. The lowest BCUT2D eigenvalue weighted by molar-refractivity contribution is -0.154. The normalized spacial score (nSPS) is 12.0. The van der Waals surface area contributed by atoms with Gasteiger partial charge in [0.25, 0.3) is 0 Å². The molecule has 162 valence electrons. The summed E-state index contributed by atoms with van der Waals surface area (Å²) in [5.41, 5.74) is -0.512. The smallest absolute Gasteiger partial charge is 0.325 e. The van der Waals surface area contributed by atoms with Crippen molar-refractivity contribution < 1.29 is 14.3 Å². The highest BCUT2D eigenvalue weighted by Crippen LogP contribution is 2.09. The van der Waals surface area contributed by atoms with Gasteiger partial charge in [-0.2, -0.15) is 0 Å². The van der Waals surface area contributed by atoms with Gasteiger partial charge in [-0.25, -0.2) is 0 Å². The number of hydrogen-bond donors (Lipinski definition) is 1. The molecule has 1 N–H and O–H groups in total. The molecule has 0 atom stereocenters. The van der Waals surface area contributed by atoms with Crippen molar-refractivity contribution in [3.63, 3.8) is 0 Å². The van der Waals surface area contributed by atoms with Gasteiger partial charge in [-0.15, -0.1) is 0 Å². The average Bonchev–Trinajstić information content (AvgIpc) is 2.62. The lowest BCUT2D eigenvalue weighted by atomic mass is 10.1. The van der Waals surface area contributed by atoms with Crippen LogP contribution in [0.15, 0.2) is 24.3 Å². The fraction of sp³-hybridized carbons (Fsp3) is 0.750. The van der Waals surface area contributed by atoms with E-state index in [1.807, 2.05) is 20.8 Å². The minimum Gasteiger partial charge on any atom is -0.459 e. The van der Waals surface area contributed by atoms with E-state index in [0.29, 0.717) is 6.42 Å². The molecule has 0 aromatic carbocycles. The lowest BCUT2D eigenvalue weighted by Gasteiger charge is -2.19. The standard InChI is InChI=1S/C24H43NO3/c1-5-6-7-8-9-10-11-12-13-14-15-16-17-18-19-20-22(26)25-21-23(27)28-24(2,3)4/h9-10,12-13H,5-8,11,14-21H2,1-4H3,(H,25,26)/b10-9-,13-12-. The average molecular weight is 394 g/mol. The van der Waals surface area contributed by atoms with Crippen LogP contribution >= 0.6 is 0 Å². The molecule has 28 heavy (non-hydrogen) atoms. The van der Waals surface area contributed by atoms with Crippen LogP contribution in [0.5, 0.6) is 0 Å². The first-order chi connectivity index (χ1) is 13.3. The second-order valence-electron chi connectivity index (χ2n) is 8.34. The maximum Gasteiger partial charge on any atom is 0.325 e. The largest absolute Gasteiger partial charge is 0.459 e. The minimum atomic E-state index is -0.512. The maximum atomic E-state index is 11.7. The zero-order chi connectivity index (χ0) is 21.1. The first kappa shape index (κ1) is 26.4. The van der Waals surface area contributed by atoms with Gasteiger partial charge >= 0.3 is 5.97 Å². The Morgan fingerprint density at radius 3 is 2.00 bits per heavy atom. The van der Waals surface area contributed by atoms with Crippen LogP contribution in [0.25, 0.3) is 0 Å². The number of amides is 1. The van der Waals surface area contributed by atoms with Gasteiger partial charge in [0, 0.05) is 6.42 Å². The molecular formula is C24H43NO3. The molecule has 0 bridgehead atoms. The van der Waals surface area contributed by atoms with E-state index >= 15 is 0 Å². The summed E-state index contributed by atoms with van der Waals surface area (Å²) in [6.45, 7) is 7.63. The van der Waals surface area contributed by atoms with E-state index in [-0.39, 0.29) is 18.4 Å². The molecule has 0 saturated heterocycles. The van der Waals surface area contributed by atoms with Crippen molar-refractivity contribution in [1.29, 1.82) is 0 Å². The first-order valence-corrected chi connectivity index (χ1v) is 11.1. The summed E-state index contributed by atoms with van der Waals surface area (Å²) in [6, 6.07) is 0. The fourth-order valence-corrected chi connectivity index (χ4v) is 2.73. The van der Waals surface area contributed by atoms with Crippen molar-refractivity contribution in [2.75, 3.05) is 6.54 Å². The molecule has 0 aromatic rings. The minimum absolute atomic E-state index is 0.0453. The van der Waals surface area contributed by atoms with Crippen molar-refractivity contribution in [1.82, 2.24) is 5.32 Å². The third-order valence-electron chi connectivity index (χ3n) is 4.20. The molecule has 4 nitrogen and oxygen atoms in total. The van der Waals surface area contributed by atoms with Crippen LogP contribution in [0.4, 0.5) is 0 Å². The van der Waals surface area contributed by atoms with E-state index < -0.39 is 5.60 Å². The lowest BCUT2D eigenvalue weighted by Crippen LogP contribution is -2.34. The number of ether oxygens (including phenoxy) is 1. The number of rotatable bonds is 16. The highest BCUT2D eigenvalue weighted by atomic mass is 16.6. The van der Waals surface area contributed by atoms with Crippen LogP contribution in [-0.2, 0) is 14.3 Å². The SMILES string of the molecule is CCCCC/C=C\C/C=C\CCCCCCCC(=O)NCC(=O)OC(C)(C)C. The van der Waals surface area contributed by atoms with E-state index in [1.54, 1.807) is 0 Å². The van der Waals surface area contributed by atoms with Crippen molar-refractivity contribution in [2.24, 2.45) is 0 Å². The van der Waals surface area contributed by atoms with Gasteiger partial charge in [0.05, 0.1) is 0 Å². The third kappa shape index (κ3) is 20.7. The summed E-state index contributed by atoms with van der Waals surface area (Å²) < 4.78 is 5.16. The van der Waals surface area contributed by atoms with Crippen LogP contribution in [0.1, 0.15) is 105 Å². The zero-order valence-electron chi connectivity index (χ0n) is 18.7. The van der Waals surface area contributed by atoms with Crippen LogP contribution in [-0.4, -0.2) is 24.0 Å². The second-order valence-corrected chi connectivity index (χ2v) is 8.34. The Labute approximate surface area is 173 Å². The van der Waals surface area contributed by atoms with E-state index in [4.69, 9.17) is 4.74 Å². The van der Waals surface area contributed by atoms with Gasteiger partial charge in [0.2, 0.25) is 5.91 Å². The molecule has 0 aliphatic rings. The number of unbranched alkanes of at least 4 members (excludes halogenated alkanes) is 8. The molecule has 0 rings (SSSR count). The zero-order valence-corrected chi connectivity index (χ0v) is 18.7. The van der Waals surface area contributed by atoms with Gasteiger partial charge in [-0.3, -0.25) is 9.59 Å². The summed E-state index contributed by atoms with van der Waals surface area (Å²) in [4.78, 5) is 23.2. The maximum absolute atomic E-state index is 11.7. The Morgan fingerprint density at radius 1 is 0.821 bits per heavy atom. The highest BCUT2D eigenvalue weighted by Gasteiger charge is 2.16. The topological polar surface area (TPSA) is 55.4 Å². The molecule has 0 fully saturated rings. The first-order valence-electron chi connectivity index (χ1n) is 11.1. The molecule has 0 saturated carbocycles. The van der Waals surface area contributed by atoms with Crippen molar-refractivity contribution in [3.05, 3.63) is 24.3 Å². The van der Waals surface area contributed by atoms with Crippen molar-refractivity contribution in [2.45, 2.75) is 110 Å². The summed E-state index contributed by atoms with van der Waals surface area (Å²) in [7, 11) is 0. The Bertz CT molecular complexity index is 461. The number of esters is 1. The van der Waals surface area contributed by atoms with Crippen molar-refractivity contribution in [3.8, 4) is 0 Å². The monoisotopic (exact) mass is 393 g/mol. The number of carbonyl (C=O) groups excluding carboxylic acids is 2. The Kier molecular flexibility index (Phi) is 16.5. The summed E-state index contributed by atoms with van der Waals surface area (Å²) in [5.74, 6) is -0.461. The van der Waals surface area contributed by atoms with Crippen LogP contribution < -0.4 is 5.32 Å². The Morgan fingerprint density at radius 2 is 1.39 bits per heavy atom. The number of allylic oxidation sites excluding steroid dienone is 4. The van der Waals surface area contributed by atoms with Gasteiger partial charge in [0.15, 0.2) is 0 Å². The van der Waals surface area contributed by atoms with Crippen molar-refractivity contribution >= 4 is 11.9 Å². The molecule has 0 aromatic heterocycles. The van der Waals surface area contributed by atoms with Crippen LogP contribution in [0.3, 0.4) is 0 Å². The molecule has 4 heteroatoms. The predicted octanol–water partition coefficient (Wildman–Crippen LogP) is 6.26. The van der Waals surface area contributed by atoms with Gasteiger partial charge in [0.1, 0.15) is 12.1 Å². The second kappa shape index (κ2) is 17.5. The summed E-state index contributed by atoms with van der Waals surface area (Å²) >= 11 is 0. The van der Waals surface area contributed by atoms with E-state index in [2.05, 4.69) is 36.5 Å². The molecule has 0 heterocycles. The summed E-state index contributed by atoms with van der Waals surface area (Å²) in [5, 5.41) is 2.63. The van der Waals surface area contributed by atoms with E-state index in [0.717, 1.165) is 32.1 Å². The number of carbonyl (C=O) groups is 2. The highest BCUT2D eigenvalue weighted by molar-refractivity contribution is 5.81. The molecule has 1 amide bonds. The molecule has 0 aliphatic carbocycles. The number of nitrogens with one attached hydrogen (secondary N) is 1. The predicted molar refractivity (Wildman–Crippen MR) is 118 cm³/mol. The van der Waals surface area contributed by atoms with Gasteiger partial charge in [-0.05, 0) is 59.3 Å². The Hall–Kier alpha value is -1.58. The fourth-order valence-electron chi connectivity index (χ4n) is 2.73. The van der Waals surface area contributed by atoms with Crippen LogP contribution in [0, 0.1) is 0 Å². The van der Waals surface area contributed by atoms with Gasteiger partial charge in [-0.1, -0.05) is 63.3 Å². The molecule has 0 radical (unpaired) electrons. The molecular weight excluding hydrogens is 350 g/mol.